The molecule has 36 heavy (non-hydrogen) atoms. The Kier molecular flexibility index (Phi) is 5.78. The first-order chi connectivity index (χ1) is 17.5. The van der Waals surface area contributed by atoms with Crippen LogP contribution >= 0.6 is 23.1 Å². The number of carbonyl (C=O) groups excluding carboxylic acids is 2. The van der Waals surface area contributed by atoms with E-state index in [0.29, 0.717) is 23.1 Å². The highest BCUT2D eigenvalue weighted by Crippen LogP contribution is 2.54. The molecule has 3 heterocycles. The minimum Gasteiger partial charge on any atom is -0.489 e. The van der Waals surface area contributed by atoms with Gasteiger partial charge in [-0.1, -0.05) is 89.3 Å². The standard InChI is InChI=1S/C28H22N2O4S2/c1-16-11-13-18(14-12-16)30-26(31)22-21(23-25(29-28(33)36-23)35-24(22)27(30)32)19-9-5-6-10-20(19)34-15-17-7-3-2-4-8-17/h2-14,21-22,24H,15H2,1H3,(H,29,33). The first-order valence-electron chi connectivity index (χ1n) is 11.6. The molecule has 1 fully saturated rings. The monoisotopic (exact) mass is 514 g/mol. The molecule has 180 valence electrons. The number of rotatable bonds is 5. The zero-order valence-corrected chi connectivity index (χ0v) is 21.0. The maximum absolute atomic E-state index is 13.9. The first-order valence-corrected chi connectivity index (χ1v) is 13.3. The molecule has 1 saturated heterocycles. The smallest absolute Gasteiger partial charge is 0.305 e. The molecule has 0 spiro atoms. The maximum atomic E-state index is 13.9. The van der Waals surface area contributed by atoms with Crippen LogP contribution in [0.15, 0.2) is 88.7 Å². The predicted octanol–water partition coefficient (Wildman–Crippen LogP) is 5.12. The number of aromatic amines is 1. The molecule has 1 aromatic heterocycles. The van der Waals surface area contributed by atoms with Crippen molar-refractivity contribution in [3.05, 3.63) is 110 Å². The lowest BCUT2D eigenvalue weighted by atomic mass is 9.82. The van der Waals surface area contributed by atoms with Crippen LogP contribution in [0.2, 0.25) is 0 Å². The van der Waals surface area contributed by atoms with Crippen LogP contribution in [0.3, 0.4) is 0 Å². The predicted molar refractivity (Wildman–Crippen MR) is 141 cm³/mol. The third-order valence-electron chi connectivity index (χ3n) is 6.61. The van der Waals surface area contributed by atoms with Crippen LogP contribution in [0.4, 0.5) is 5.69 Å². The number of thiazole rings is 1. The Labute approximate surface area is 215 Å². The molecule has 3 aromatic carbocycles. The highest BCUT2D eigenvalue weighted by atomic mass is 32.2. The summed E-state index contributed by atoms with van der Waals surface area (Å²) < 4.78 is 6.23. The number of ether oxygens (including phenoxy) is 1. The number of carbonyl (C=O) groups is 2. The van der Waals surface area contributed by atoms with Crippen LogP contribution in [0.25, 0.3) is 0 Å². The van der Waals surface area contributed by atoms with E-state index in [4.69, 9.17) is 4.74 Å². The minimum absolute atomic E-state index is 0.199. The Morgan fingerprint density at radius 2 is 1.61 bits per heavy atom. The number of thioether (sulfide) groups is 1. The van der Waals surface area contributed by atoms with Gasteiger partial charge in [-0.05, 0) is 30.7 Å². The molecule has 2 amide bonds. The number of para-hydroxylation sites is 1. The number of amides is 2. The van der Waals surface area contributed by atoms with Crippen molar-refractivity contribution in [3.63, 3.8) is 0 Å². The fourth-order valence-electron chi connectivity index (χ4n) is 4.90. The number of aromatic nitrogens is 1. The number of anilines is 1. The van der Waals surface area contributed by atoms with Crippen LogP contribution in [0, 0.1) is 12.8 Å². The number of hydrogen-bond donors (Lipinski definition) is 1. The molecular weight excluding hydrogens is 492 g/mol. The van der Waals surface area contributed by atoms with E-state index < -0.39 is 17.1 Å². The second-order valence-corrected chi connectivity index (χ2v) is 11.1. The SMILES string of the molecule is Cc1ccc(N2C(=O)C3Sc4[nH]c(=O)sc4C(c4ccccc4OCc4ccccc4)C3C2=O)cc1. The molecule has 3 unspecified atom stereocenters. The first kappa shape index (κ1) is 22.8. The minimum atomic E-state index is -0.649. The number of benzene rings is 3. The zero-order chi connectivity index (χ0) is 24.8. The summed E-state index contributed by atoms with van der Waals surface area (Å²) in [7, 11) is 0. The van der Waals surface area contributed by atoms with E-state index in [9.17, 15) is 14.4 Å². The third-order valence-corrected chi connectivity index (χ3v) is 9.01. The van der Waals surface area contributed by atoms with Gasteiger partial charge in [-0.25, -0.2) is 4.90 Å². The summed E-state index contributed by atoms with van der Waals surface area (Å²) in [6, 6.07) is 24.8. The molecule has 1 N–H and O–H groups in total. The molecule has 6 nitrogen and oxygen atoms in total. The molecule has 3 atom stereocenters. The maximum Gasteiger partial charge on any atom is 0.305 e. The lowest BCUT2D eigenvalue weighted by Crippen LogP contribution is -2.32. The van der Waals surface area contributed by atoms with Gasteiger partial charge >= 0.3 is 4.87 Å². The van der Waals surface area contributed by atoms with E-state index >= 15 is 0 Å². The van der Waals surface area contributed by atoms with Crippen molar-refractivity contribution in [2.75, 3.05) is 4.90 Å². The molecule has 2 aliphatic rings. The Hall–Kier alpha value is -3.62. The summed E-state index contributed by atoms with van der Waals surface area (Å²) in [4.78, 5) is 44.6. The Bertz CT molecular complexity index is 1510. The van der Waals surface area contributed by atoms with Crippen LogP contribution in [0.1, 0.15) is 27.5 Å². The zero-order valence-electron chi connectivity index (χ0n) is 19.3. The molecule has 2 aliphatic heterocycles. The van der Waals surface area contributed by atoms with Gasteiger partial charge in [-0.3, -0.25) is 14.4 Å². The number of nitrogens with one attached hydrogen (secondary N) is 1. The third kappa shape index (κ3) is 3.86. The summed E-state index contributed by atoms with van der Waals surface area (Å²) in [6.07, 6.45) is 0. The van der Waals surface area contributed by atoms with Gasteiger partial charge in [-0.15, -0.1) is 0 Å². The van der Waals surface area contributed by atoms with Gasteiger partial charge in [0.25, 0.3) is 0 Å². The van der Waals surface area contributed by atoms with Crippen molar-refractivity contribution in [2.45, 2.75) is 29.7 Å². The number of hydrogen-bond acceptors (Lipinski definition) is 6. The van der Waals surface area contributed by atoms with Crippen LogP contribution in [-0.2, 0) is 16.2 Å². The molecule has 6 rings (SSSR count). The molecule has 0 radical (unpaired) electrons. The van der Waals surface area contributed by atoms with Crippen LogP contribution < -0.4 is 14.5 Å². The largest absolute Gasteiger partial charge is 0.489 e. The quantitative estimate of drug-likeness (QED) is 0.374. The number of nitrogens with zero attached hydrogens (tertiary/aromatic N) is 1. The van der Waals surface area contributed by atoms with Gasteiger partial charge in [0.05, 0.1) is 16.6 Å². The van der Waals surface area contributed by atoms with Crippen molar-refractivity contribution in [2.24, 2.45) is 5.92 Å². The normalized spacial score (nSPS) is 20.8. The van der Waals surface area contributed by atoms with E-state index in [-0.39, 0.29) is 16.7 Å². The topological polar surface area (TPSA) is 79.5 Å². The van der Waals surface area contributed by atoms with E-state index in [1.165, 1.54) is 16.7 Å². The van der Waals surface area contributed by atoms with Gasteiger partial charge in [0.2, 0.25) is 11.8 Å². The van der Waals surface area contributed by atoms with E-state index in [2.05, 4.69) is 4.98 Å². The highest BCUT2D eigenvalue weighted by molar-refractivity contribution is 8.00. The van der Waals surface area contributed by atoms with Gasteiger partial charge in [-0.2, -0.15) is 0 Å². The Balaban J connectivity index is 1.43. The van der Waals surface area contributed by atoms with Crippen molar-refractivity contribution in [3.8, 4) is 5.75 Å². The number of H-pyrrole nitrogens is 1. The molecule has 0 aliphatic carbocycles. The lowest BCUT2D eigenvalue weighted by Gasteiger charge is -2.30. The average Bonchev–Trinajstić information content (AvgIpc) is 3.38. The Morgan fingerprint density at radius 3 is 2.39 bits per heavy atom. The van der Waals surface area contributed by atoms with Gasteiger partial charge in [0.1, 0.15) is 17.6 Å². The van der Waals surface area contributed by atoms with E-state index in [1.807, 2.05) is 73.7 Å². The summed E-state index contributed by atoms with van der Waals surface area (Å²) >= 11 is 2.38. The fraction of sp³-hybridized carbons (Fsp3) is 0.179. The summed E-state index contributed by atoms with van der Waals surface area (Å²) in [5, 5.41) is 0.0183. The van der Waals surface area contributed by atoms with Crippen molar-refractivity contribution in [1.82, 2.24) is 4.98 Å². The average molecular weight is 515 g/mol. The number of aryl methyl sites for hydroxylation is 1. The number of imide groups is 1. The second kappa shape index (κ2) is 9.11. The molecular formula is C28H22N2O4S2. The van der Waals surface area contributed by atoms with E-state index in [1.54, 1.807) is 12.1 Å². The van der Waals surface area contributed by atoms with Crippen molar-refractivity contribution < 1.29 is 14.3 Å². The Morgan fingerprint density at radius 1 is 0.889 bits per heavy atom. The van der Waals surface area contributed by atoms with Gasteiger partial charge in [0.15, 0.2) is 0 Å². The number of fused-ring (bicyclic) bond motifs is 2. The van der Waals surface area contributed by atoms with Gasteiger partial charge in [0, 0.05) is 16.4 Å². The summed E-state index contributed by atoms with van der Waals surface area (Å²) in [6.45, 7) is 2.33. The van der Waals surface area contributed by atoms with Crippen LogP contribution in [0.5, 0.6) is 5.75 Å². The lowest BCUT2D eigenvalue weighted by molar-refractivity contribution is -0.122. The van der Waals surface area contributed by atoms with Crippen molar-refractivity contribution >= 4 is 40.6 Å². The second-order valence-electron chi connectivity index (χ2n) is 8.91. The van der Waals surface area contributed by atoms with Gasteiger partial charge < -0.3 is 9.72 Å². The fourth-order valence-corrected chi connectivity index (χ4v) is 7.41. The molecule has 4 aromatic rings. The molecule has 8 heteroatoms. The summed E-state index contributed by atoms with van der Waals surface area (Å²) in [5.74, 6) is -1.00. The highest BCUT2D eigenvalue weighted by Gasteiger charge is 2.56. The van der Waals surface area contributed by atoms with E-state index in [0.717, 1.165) is 32.9 Å². The molecule has 0 saturated carbocycles. The molecule has 0 bridgehead atoms. The summed E-state index contributed by atoms with van der Waals surface area (Å²) in [5.41, 5.74) is 3.43. The van der Waals surface area contributed by atoms with Crippen molar-refractivity contribution in [1.29, 1.82) is 0 Å². The van der Waals surface area contributed by atoms with Crippen LogP contribution in [-0.4, -0.2) is 22.0 Å².